The molecule has 0 bridgehead atoms. The topological polar surface area (TPSA) is 111 Å². The third-order valence-electron chi connectivity index (χ3n) is 2.97. The fourth-order valence-corrected chi connectivity index (χ4v) is 2.00. The minimum absolute atomic E-state index is 0.190. The highest BCUT2D eigenvalue weighted by Gasteiger charge is 2.35. The minimum atomic E-state index is -0.719. The van der Waals surface area contributed by atoms with Crippen molar-refractivity contribution in [3.8, 4) is 0 Å². The number of carbonyl (C=O) groups excluding carboxylic acids is 1. The van der Waals surface area contributed by atoms with E-state index in [1.54, 1.807) is 11.5 Å². The molecular weight excluding hydrogens is 226 g/mol. The Balaban J connectivity index is 2.22. The van der Waals surface area contributed by atoms with E-state index in [1.165, 1.54) is 6.33 Å². The molecule has 1 fully saturated rings. The fraction of sp³-hybridized carbons (Fsp3) is 0.600. The average molecular weight is 241 g/mol. The predicted molar refractivity (Wildman–Crippen MR) is 57.1 cm³/mol. The third kappa shape index (κ3) is 2.04. The summed E-state index contributed by atoms with van der Waals surface area (Å²) in [7, 11) is 0. The summed E-state index contributed by atoms with van der Waals surface area (Å²) in [4.78, 5) is 15.0. The summed E-state index contributed by atoms with van der Waals surface area (Å²) in [5.74, 6) is -0.599. The van der Waals surface area contributed by atoms with Gasteiger partial charge < -0.3 is 25.3 Å². The van der Waals surface area contributed by atoms with E-state index in [4.69, 9.17) is 15.6 Å². The van der Waals surface area contributed by atoms with Gasteiger partial charge in [-0.2, -0.15) is 0 Å². The number of hydrogen-bond acceptors (Lipinski definition) is 5. The molecule has 0 aliphatic carbocycles. The number of hydrogen-bond donors (Lipinski definition) is 3. The minimum Gasteiger partial charge on any atom is -0.394 e. The van der Waals surface area contributed by atoms with Gasteiger partial charge in [0.2, 0.25) is 0 Å². The van der Waals surface area contributed by atoms with Crippen LogP contribution in [0.1, 0.15) is 28.8 Å². The predicted octanol–water partition coefficient (Wildman–Crippen LogP) is -1.07. The van der Waals surface area contributed by atoms with Crippen LogP contribution in [0.15, 0.2) is 6.33 Å². The van der Waals surface area contributed by atoms with Crippen molar-refractivity contribution in [1.82, 2.24) is 9.55 Å². The second kappa shape index (κ2) is 4.44. The lowest BCUT2D eigenvalue weighted by Crippen LogP contribution is -2.24. The van der Waals surface area contributed by atoms with Crippen LogP contribution in [0, 0.1) is 6.92 Å². The van der Waals surface area contributed by atoms with E-state index in [9.17, 15) is 9.90 Å². The molecule has 1 aromatic rings. The van der Waals surface area contributed by atoms with Crippen molar-refractivity contribution < 1.29 is 19.7 Å². The Kier molecular flexibility index (Phi) is 3.14. The van der Waals surface area contributed by atoms with Crippen LogP contribution in [0.4, 0.5) is 0 Å². The Morgan fingerprint density at radius 1 is 1.76 bits per heavy atom. The lowest BCUT2D eigenvalue weighted by molar-refractivity contribution is -0.0449. The fourth-order valence-electron chi connectivity index (χ4n) is 2.00. The van der Waals surface area contributed by atoms with E-state index in [-0.39, 0.29) is 12.3 Å². The van der Waals surface area contributed by atoms with E-state index in [1.807, 2.05) is 0 Å². The molecule has 0 radical (unpaired) electrons. The number of aromatic nitrogens is 2. The second-order valence-electron chi connectivity index (χ2n) is 4.06. The Morgan fingerprint density at radius 3 is 2.94 bits per heavy atom. The number of nitrogens with two attached hydrogens (primary N) is 1. The van der Waals surface area contributed by atoms with Crippen molar-refractivity contribution in [2.45, 2.75) is 31.8 Å². The van der Waals surface area contributed by atoms with Gasteiger partial charge in [-0.1, -0.05) is 0 Å². The molecule has 1 amide bonds. The number of imidazole rings is 1. The molecule has 1 aliphatic rings. The molecule has 7 nitrogen and oxygen atoms in total. The summed E-state index contributed by atoms with van der Waals surface area (Å²) in [6.07, 6.45) is 0.0538. The van der Waals surface area contributed by atoms with Crippen LogP contribution in [0.2, 0.25) is 0 Å². The van der Waals surface area contributed by atoms with E-state index in [2.05, 4.69) is 4.98 Å². The first-order chi connectivity index (χ1) is 8.04. The molecule has 3 atom stereocenters. The van der Waals surface area contributed by atoms with Gasteiger partial charge in [0.25, 0.3) is 5.91 Å². The second-order valence-corrected chi connectivity index (χ2v) is 4.06. The molecule has 0 spiro atoms. The molecule has 17 heavy (non-hydrogen) atoms. The first-order valence-electron chi connectivity index (χ1n) is 5.32. The van der Waals surface area contributed by atoms with Gasteiger partial charge in [-0.3, -0.25) is 4.79 Å². The highest BCUT2D eigenvalue weighted by atomic mass is 16.5. The first-order valence-corrected chi connectivity index (χ1v) is 5.32. The highest BCUT2D eigenvalue weighted by Crippen LogP contribution is 2.29. The highest BCUT2D eigenvalue weighted by molar-refractivity contribution is 5.91. The molecule has 0 saturated carbocycles. The number of nitrogens with zero attached hydrogens (tertiary/aromatic N) is 2. The number of rotatable bonds is 3. The largest absolute Gasteiger partial charge is 0.394 e. The van der Waals surface area contributed by atoms with E-state index < -0.39 is 24.3 Å². The summed E-state index contributed by atoms with van der Waals surface area (Å²) in [6.45, 7) is 1.46. The number of ether oxygens (including phenoxy) is 1. The molecule has 7 heteroatoms. The number of aliphatic hydroxyl groups is 2. The zero-order chi connectivity index (χ0) is 12.6. The van der Waals surface area contributed by atoms with Gasteiger partial charge in [-0.25, -0.2) is 4.98 Å². The smallest absolute Gasteiger partial charge is 0.269 e. The summed E-state index contributed by atoms with van der Waals surface area (Å²) in [5, 5.41) is 18.6. The molecule has 1 saturated heterocycles. The van der Waals surface area contributed by atoms with Gasteiger partial charge >= 0.3 is 0 Å². The summed E-state index contributed by atoms with van der Waals surface area (Å²) in [6, 6.07) is 0. The van der Waals surface area contributed by atoms with Gasteiger partial charge in [-0.15, -0.1) is 0 Å². The lowest BCUT2D eigenvalue weighted by Gasteiger charge is -2.14. The molecule has 1 aliphatic heterocycles. The van der Waals surface area contributed by atoms with Crippen LogP contribution >= 0.6 is 0 Å². The molecule has 1 aromatic heterocycles. The van der Waals surface area contributed by atoms with E-state index in [0.717, 1.165) is 0 Å². The Hall–Kier alpha value is -1.44. The maximum atomic E-state index is 11.1. The van der Waals surface area contributed by atoms with Crippen molar-refractivity contribution in [3.63, 3.8) is 0 Å². The Bertz CT molecular complexity index is 431. The zero-order valence-corrected chi connectivity index (χ0v) is 9.41. The molecular formula is C10H15N3O4. The monoisotopic (exact) mass is 241 g/mol. The average Bonchev–Trinajstić information content (AvgIpc) is 2.81. The molecule has 0 aromatic carbocycles. The van der Waals surface area contributed by atoms with Crippen LogP contribution in [-0.2, 0) is 4.74 Å². The molecule has 4 N–H and O–H groups in total. The van der Waals surface area contributed by atoms with Crippen LogP contribution in [0.5, 0.6) is 0 Å². The van der Waals surface area contributed by atoms with Crippen molar-refractivity contribution in [2.24, 2.45) is 5.73 Å². The molecule has 2 rings (SSSR count). The molecule has 0 unspecified atom stereocenters. The third-order valence-corrected chi connectivity index (χ3v) is 2.97. The number of primary amides is 1. The summed E-state index contributed by atoms with van der Waals surface area (Å²) >= 11 is 0. The maximum Gasteiger partial charge on any atom is 0.269 e. The van der Waals surface area contributed by atoms with Gasteiger partial charge in [0, 0.05) is 12.1 Å². The van der Waals surface area contributed by atoms with Gasteiger partial charge in [0.15, 0.2) is 0 Å². The van der Waals surface area contributed by atoms with Gasteiger partial charge in [-0.05, 0) is 6.92 Å². The SMILES string of the molecule is Cc1c(C(N)=O)ncn1[C@@H]1C[C@H](O)[C@@H](CO)O1. The Morgan fingerprint density at radius 2 is 2.47 bits per heavy atom. The van der Waals surface area contributed by atoms with Crippen molar-refractivity contribution in [1.29, 1.82) is 0 Å². The van der Waals surface area contributed by atoms with Crippen LogP contribution < -0.4 is 5.73 Å². The standard InChI is InChI=1S/C10H15N3O4/c1-5-9(10(11)16)12-4-13(5)8-2-6(15)7(3-14)17-8/h4,6-8,14-15H,2-3H2,1H3,(H2,11,16)/t6-,7+,8-/m0/s1. The quantitative estimate of drug-likeness (QED) is 0.624. The number of aliphatic hydroxyl groups excluding tert-OH is 2. The van der Waals surface area contributed by atoms with Crippen molar-refractivity contribution in [3.05, 3.63) is 17.7 Å². The molecule has 94 valence electrons. The van der Waals surface area contributed by atoms with Crippen LogP contribution in [0.3, 0.4) is 0 Å². The first kappa shape index (κ1) is 12.0. The van der Waals surface area contributed by atoms with Crippen LogP contribution in [-0.4, -0.2) is 44.5 Å². The zero-order valence-electron chi connectivity index (χ0n) is 9.41. The van der Waals surface area contributed by atoms with Crippen LogP contribution in [0.25, 0.3) is 0 Å². The summed E-state index contributed by atoms with van der Waals surface area (Å²) in [5.41, 5.74) is 5.94. The van der Waals surface area contributed by atoms with E-state index >= 15 is 0 Å². The lowest BCUT2D eigenvalue weighted by atomic mass is 10.2. The number of carbonyl (C=O) groups is 1. The number of amides is 1. The molecule has 2 heterocycles. The Labute approximate surface area is 97.8 Å². The van der Waals surface area contributed by atoms with Gasteiger partial charge in [0.1, 0.15) is 18.0 Å². The van der Waals surface area contributed by atoms with Crippen molar-refractivity contribution in [2.75, 3.05) is 6.61 Å². The van der Waals surface area contributed by atoms with E-state index in [0.29, 0.717) is 12.1 Å². The summed E-state index contributed by atoms with van der Waals surface area (Å²) < 4.78 is 7.09. The van der Waals surface area contributed by atoms with Gasteiger partial charge in [0.05, 0.1) is 19.0 Å². The van der Waals surface area contributed by atoms with Crippen molar-refractivity contribution >= 4 is 5.91 Å². The normalized spacial score (nSPS) is 28.5. The maximum absolute atomic E-state index is 11.1.